The molecule has 1 heterocycles. The van der Waals surface area contributed by atoms with Crippen LogP contribution in [0.2, 0.25) is 19.6 Å². The van der Waals surface area contributed by atoms with E-state index in [1.807, 2.05) is 19.6 Å². The number of rotatable bonds is 5. The van der Waals surface area contributed by atoms with Gasteiger partial charge >= 0.3 is 0 Å². The van der Waals surface area contributed by atoms with E-state index in [0.717, 1.165) is 4.88 Å². The Morgan fingerprint density at radius 2 is 2.00 bits per heavy atom. The van der Waals surface area contributed by atoms with Crippen molar-refractivity contribution in [3.05, 3.63) is 52.0 Å². The predicted octanol–water partition coefficient (Wildman–Crippen LogP) is 4.41. The van der Waals surface area contributed by atoms with E-state index in [1.54, 1.807) is 29.6 Å². The Bertz CT molecular complexity index is 652. The van der Waals surface area contributed by atoms with Crippen LogP contribution in [0.15, 0.2) is 40.6 Å². The van der Waals surface area contributed by atoms with Crippen LogP contribution in [0.1, 0.15) is 16.5 Å². The molecule has 0 aliphatic carbocycles. The largest absolute Gasteiger partial charge is 0.406 e. The highest BCUT2D eigenvalue weighted by molar-refractivity contribution is 7.79. The van der Waals surface area contributed by atoms with Crippen LogP contribution in [-0.2, 0) is 15.5 Å². The molecule has 0 amide bonds. The smallest absolute Gasteiger partial charge is 0.187 e. The van der Waals surface area contributed by atoms with E-state index in [2.05, 4.69) is 0 Å². The summed E-state index contributed by atoms with van der Waals surface area (Å²) in [6.45, 7) is 6.08. The first-order valence-electron chi connectivity index (χ1n) is 6.39. The molecule has 2 atom stereocenters. The highest BCUT2D eigenvalue weighted by Crippen LogP contribution is 2.35. The fourth-order valence-corrected chi connectivity index (χ4v) is 4.52. The van der Waals surface area contributed by atoms with Crippen LogP contribution >= 0.6 is 11.3 Å². The van der Waals surface area contributed by atoms with Crippen molar-refractivity contribution in [3.8, 4) is 0 Å². The molecule has 0 fully saturated rings. The molecule has 0 spiro atoms. The molecule has 114 valence electrons. The lowest BCUT2D eigenvalue weighted by atomic mass is 10.1. The molecular formula is C14H17FO3S2Si. The van der Waals surface area contributed by atoms with Crippen molar-refractivity contribution in [2.24, 2.45) is 0 Å². The van der Waals surface area contributed by atoms with Gasteiger partial charge in [0.05, 0.1) is 4.90 Å². The molecule has 3 nitrogen and oxygen atoms in total. The van der Waals surface area contributed by atoms with Crippen LogP contribution in [-0.4, -0.2) is 17.1 Å². The van der Waals surface area contributed by atoms with Crippen LogP contribution in [0.4, 0.5) is 4.39 Å². The molecule has 1 aromatic heterocycles. The van der Waals surface area contributed by atoms with Gasteiger partial charge < -0.3 is 8.98 Å². The van der Waals surface area contributed by atoms with Crippen molar-refractivity contribution >= 4 is 30.7 Å². The van der Waals surface area contributed by atoms with E-state index >= 15 is 0 Å². The average Bonchev–Trinajstić information content (AvgIpc) is 2.85. The van der Waals surface area contributed by atoms with Gasteiger partial charge in [0.15, 0.2) is 19.4 Å². The van der Waals surface area contributed by atoms with Crippen molar-refractivity contribution in [1.29, 1.82) is 0 Å². The van der Waals surface area contributed by atoms with E-state index in [1.165, 1.54) is 17.4 Å². The second-order valence-corrected chi connectivity index (χ2v) is 11.9. The predicted molar refractivity (Wildman–Crippen MR) is 86.0 cm³/mol. The van der Waals surface area contributed by atoms with Gasteiger partial charge in [-0.1, -0.05) is 18.2 Å². The summed E-state index contributed by atoms with van der Waals surface area (Å²) in [5.41, 5.74) is 0.456. The summed E-state index contributed by atoms with van der Waals surface area (Å²) in [6, 6.07) is 8.09. The van der Waals surface area contributed by atoms with E-state index in [-0.39, 0.29) is 5.82 Å². The fourth-order valence-electron chi connectivity index (χ4n) is 1.88. The second-order valence-electron chi connectivity index (χ2n) is 5.57. The number of hydrogen-bond donors (Lipinski definition) is 1. The third-order valence-electron chi connectivity index (χ3n) is 2.71. The minimum absolute atomic E-state index is 0.315. The zero-order valence-corrected chi connectivity index (χ0v) is 14.6. The number of benzene rings is 1. The van der Waals surface area contributed by atoms with Gasteiger partial charge in [0.1, 0.15) is 11.9 Å². The highest BCUT2D eigenvalue weighted by Gasteiger charge is 2.27. The lowest BCUT2D eigenvalue weighted by Crippen LogP contribution is -2.28. The monoisotopic (exact) mass is 344 g/mol. The topological polar surface area (TPSA) is 46.5 Å². The maximum absolute atomic E-state index is 14.1. The van der Waals surface area contributed by atoms with Gasteiger partial charge in [-0.3, -0.25) is 0 Å². The lowest BCUT2D eigenvalue weighted by molar-refractivity contribution is 0.238. The molecule has 2 aromatic rings. The van der Waals surface area contributed by atoms with E-state index in [9.17, 15) is 8.60 Å². The molecule has 2 unspecified atom stereocenters. The molecule has 1 aromatic carbocycles. The minimum Gasteiger partial charge on any atom is -0.406 e. The zero-order chi connectivity index (χ0) is 15.6. The molecular weight excluding hydrogens is 327 g/mol. The van der Waals surface area contributed by atoms with Crippen molar-refractivity contribution in [3.63, 3.8) is 0 Å². The van der Waals surface area contributed by atoms with E-state index in [4.69, 9.17) is 8.98 Å². The molecule has 0 aliphatic heterocycles. The Morgan fingerprint density at radius 3 is 2.52 bits per heavy atom. The summed E-state index contributed by atoms with van der Waals surface area (Å²) in [5, 5.41) is 1.60. The maximum atomic E-state index is 14.1. The molecule has 21 heavy (non-hydrogen) atoms. The van der Waals surface area contributed by atoms with Crippen molar-refractivity contribution in [1.82, 2.24) is 0 Å². The van der Waals surface area contributed by atoms with Gasteiger partial charge in [0, 0.05) is 15.8 Å². The summed E-state index contributed by atoms with van der Waals surface area (Å²) >= 11 is -0.729. The first-order valence-corrected chi connectivity index (χ1v) is 11.8. The standard InChI is InChI=1S/C14H17FO3S2Si/c1-21(2,3)18-14(11-6-4-5-7-12(11)15)13-8-10(9-19-13)20(16)17/h4-9,14H,1-3H3,(H,16,17). The summed E-state index contributed by atoms with van der Waals surface area (Å²) in [6.07, 6.45) is -0.542. The molecule has 1 N–H and O–H groups in total. The van der Waals surface area contributed by atoms with Crippen molar-refractivity contribution < 1.29 is 17.6 Å². The molecule has 0 saturated carbocycles. The lowest BCUT2D eigenvalue weighted by Gasteiger charge is -2.26. The Kier molecular flexibility index (Phi) is 5.10. The summed E-state index contributed by atoms with van der Waals surface area (Å²) in [5.74, 6) is -0.333. The number of hydrogen-bond acceptors (Lipinski definition) is 3. The Labute approximate surface area is 131 Å². The Hall–Kier alpha value is -0.863. The summed E-state index contributed by atoms with van der Waals surface area (Å²) in [4.78, 5) is 1.05. The van der Waals surface area contributed by atoms with E-state index < -0.39 is 25.5 Å². The van der Waals surface area contributed by atoms with Crippen molar-refractivity contribution in [2.45, 2.75) is 30.6 Å². The second kappa shape index (κ2) is 6.49. The first kappa shape index (κ1) is 16.5. The third kappa shape index (κ3) is 4.30. The van der Waals surface area contributed by atoms with Crippen LogP contribution in [0.5, 0.6) is 0 Å². The molecule has 7 heteroatoms. The molecule has 0 bridgehead atoms. The molecule has 2 rings (SSSR count). The number of halogens is 1. The van der Waals surface area contributed by atoms with Gasteiger partial charge in [-0.25, -0.2) is 8.60 Å². The van der Waals surface area contributed by atoms with Gasteiger partial charge in [-0.2, -0.15) is 0 Å². The quantitative estimate of drug-likeness (QED) is 0.645. The van der Waals surface area contributed by atoms with Gasteiger partial charge in [0.2, 0.25) is 0 Å². The molecule has 0 saturated heterocycles. The average molecular weight is 345 g/mol. The summed E-state index contributed by atoms with van der Waals surface area (Å²) < 4.78 is 40.5. The van der Waals surface area contributed by atoms with Gasteiger partial charge in [-0.05, 0) is 31.8 Å². The third-order valence-corrected chi connectivity index (χ3v) is 5.42. The minimum atomic E-state index is -2.04. The summed E-state index contributed by atoms with van der Waals surface area (Å²) in [7, 11) is -1.93. The maximum Gasteiger partial charge on any atom is 0.187 e. The van der Waals surface area contributed by atoms with Gasteiger partial charge in [-0.15, -0.1) is 11.3 Å². The molecule has 0 radical (unpaired) electrons. The fraction of sp³-hybridized carbons (Fsp3) is 0.286. The normalized spacial score (nSPS) is 14.9. The van der Waals surface area contributed by atoms with Gasteiger partial charge in [0.25, 0.3) is 0 Å². The number of thiophene rings is 1. The Balaban J connectivity index is 2.45. The zero-order valence-electron chi connectivity index (χ0n) is 12.0. The first-order chi connectivity index (χ1) is 9.78. The van der Waals surface area contributed by atoms with Crippen LogP contribution < -0.4 is 0 Å². The Morgan fingerprint density at radius 1 is 1.33 bits per heavy atom. The van der Waals surface area contributed by atoms with Crippen LogP contribution in [0, 0.1) is 5.82 Å². The highest BCUT2D eigenvalue weighted by atomic mass is 32.2. The van der Waals surface area contributed by atoms with Crippen LogP contribution in [0.3, 0.4) is 0 Å². The molecule has 0 aliphatic rings. The SMILES string of the molecule is C[Si](C)(C)OC(c1cc(S(=O)O)cs1)c1ccccc1F. The van der Waals surface area contributed by atoms with Crippen molar-refractivity contribution in [2.75, 3.05) is 0 Å². The van der Waals surface area contributed by atoms with E-state index in [0.29, 0.717) is 10.5 Å². The van der Waals surface area contributed by atoms with Crippen LogP contribution in [0.25, 0.3) is 0 Å².